The molecule has 19 heavy (non-hydrogen) atoms. The molecule has 3 nitrogen and oxygen atoms in total. The number of hydrogen-bond acceptors (Lipinski definition) is 3. The standard InChI is InChI=1S/C14H10ClNO2S/c1-18-11-7-13-10(6-9(11)15)16-14(17)8-4-2-3-5-12(8)19-13/h2-7H,1H3,(H,16,17). The third kappa shape index (κ3) is 2.17. The van der Waals surface area contributed by atoms with E-state index in [9.17, 15) is 4.79 Å². The number of rotatable bonds is 1. The molecule has 0 saturated heterocycles. The Morgan fingerprint density at radius 3 is 2.79 bits per heavy atom. The van der Waals surface area contributed by atoms with Gasteiger partial charge in [-0.1, -0.05) is 35.5 Å². The lowest BCUT2D eigenvalue weighted by Crippen LogP contribution is -2.11. The smallest absolute Gasteiger partial charge is 0.256 e. The molecule has 2 aromatic rings. The van der Waals surface area contributed by atoms with Crippen LogP contribution in [0, 0.1) is 0 Å². The summed E-state index contributed by atoms with van der Waals surface area (Å²) in [7, 11) is 1.57. The fourth-order valence-corrected chi connectivity index (χ4v) is 3.21. The van der Waals surface area contributed by atoms with Crippen molar-refractivity contribution in [2.45, 2.75) is 9.79 Å². The van der Waals surface area contributed by atoms with Crippen LogP contribution in [0.3, 0.4) is 0 Å². The van der Waals surface area contributed by atoms with E-state index in [4.69, 9.17) is 16.3 Å². The average Bonchev–Trinajstić information content (AvgIpc) is 2.54. The normalized spacial score (nSPS) is 13.1. The maximum atomic E-state index is 12.1. The first-order chi connectivity index (χ1) is 9.19. The van der Waals surface area contributed by atoms with Gasteiger partial charge in [0.1, 0.15) is 5.75 Å². The molecule has 1 heterocycles. The number of hydrogen-bond donors (Lipinski definition) is 1. The van der Waals surface area contributed by atoms with Crippen LogP contribution in [-0.4, -0.2) is 13.0 Å². The Bertz CT molecular complexity index is 672. The van der Waals surface area contributed by atoms with Gasteiger partial charge in [0, 0.05) is 9.79 Å². The lowest BCUT2D eigenvalue weighted by Gasteiger charge is -2.10. The molecule has 0 aromatic heterocycles. The maximum absolute atomic E-state index is 12.1. The Kier molecular flexibility index (Phi) is 3.12. The van der Waals surface area contributed by atoms with Gasteiger partial charge in [0.15, 0.2) is 0 Å². The molecule has 2 aromatic carbocycles. The highest BCUT2D eigenvalue weighted by Gasteiger charge is 2.21. The van der Waals surface area contributed by atoms with Gasteiger partial charge in [0.05, 0.1) is 23.4 Å². The zero-order valence-corrected chi connectivity index (χ0v) is 11.6. The van der Waals surface area contributed by atoms with E-state index in [1.807, 2.05) is 30.3 Å². The van der Waals surface area contributed by atoms with Crippen molar-refractivity contribution in [2.24, 2.45) is 0 Å². The Morgan fingerprint density at radius 1 is 1.21 bits per heavy atom. The maximum Gasteiger partial charge on any atom is 0.256 e. The summed E-state index contributed by atoms with van der Waals surface area (Å²) < 4.78 is 5.21. The van der Waals surface area contributed by atoms with Gasteiger partial charge in [-0.2, -0.15) is 0 Å². The Labute approximate surface area is 119 Å². The van der Waals surface area contributed by atoms with Gasteiger partial charge in [0.2, 0.25) is 0 Å². The molecule has 0 radical (unpaired) electrons. The molecular formula is C14H10ClNO2S. The van der Waals surface area contributed by atoms with E-state index >= 15 is 0 Å². The topological polar surface area (TPSA) is 38.3 Å². The van der Waals surface area contributed by atoms with E-state index in [1.165, 1.54) is 11.8 Å². The number of fused-ring (bicyclic) bond motifs is 2. The van der Waals surface area contributed by atoms with Crippen LogP contribution < -0.4 is 10.1 Å². The lowest BCUT2D eigenvalue weighted by atomic mass is 10.2. The van der Waals surface area contributed by atoms with Crippen molar-refractivity contribution in [3.05, 3.63) is 47.0 Å². The number of amides is 1. The lowest BCUT2D eigenvalue weighted by molar-refractivity contribution is 0.102. The predicted molar refractivity (Wildman–Crippen MR) is 76.5 cm³/mol. The molecule has 1 N–H and O–H groups in total. The first-order valence-corrected chi connectivity index (χ1v) is 6.84. The summed E-state index contributed by atoms with van der Waals surface area (Å²) in [6, 6.07) is 11.1. The highest BCUT2D eigenvalue weighted by atomic mass is 35.5. The minimum Gasteiger partial charge on any atom is -0.495 e. The van der Waals surface area contributed by atoms with Crippen molar-refractivity contribution in [1.82, 2.24) is 0 Å². The second kappa shape index (κ2) is 4.79. The largest absolute Gasteiger partial charge is 0.495 e. The van der Waals surface area contributed by atoms with Gasteiger partial charge >= 0.3 is 0 Å². The quantitative estimate of drug-likeness (QED) is 0.861. The molecule has 1 aliphatic heterocycles. The molecular weight excluding hydrogens is 282 g/mol. The van der Waals surface area contributed by atoms with E-state index < -0.39 is 0 Å². The SMILES string of the molecule is COc1cc2c(cc1Cl)NC(=O)c1ccccc1S2. The van der Waals surface area contributed by atoms with E-state index in [0.29, 0.717) is 22.0 Å². The average molecular weight is 292 g/mol. The molecule has 0 atom stereocenters. The van der Waals surface area contributed by atoms with Gasteiger partial charge in [0.25, 0.3) is 5.91 Å². The Hall–Kier alpha value is -1.65. The van der Waals surface area contributed by atoms with Crippen molar-refractivity contribution in [3.63, 3.8) is 0 Å². The van der Waals surface area contributed by atoms with Crippen LogP contribution >= 0.6 is 23.4 Å². The highest BCUT2D eigenvalue weighted by molar-refractivity contribution is 7.99. The van der Waals surface area contributed by atoms with Crippen LogP contribution in [0.15, 0.2) is 46.2 Å². The van der Waals surface area contributed by atoms with Crippen molar-refractivity contribution in [1.29, 1.82) is 0 Å². The van der Waals surface area contributed by atoms with Crippen molar-refractivity contribution in [2.75, 3.05) is 12.4 Å². The number of benzene rings is 2. The molecule has 1 amide bonds. The first kappa shape index (κ1) is 12.4. The molecule has 0 unspecified atom stereocenters. The first-order valence-electron chi connectivity index (χ1n) is 5.65. The zero-order valence-electron chi connectivity index (χ0n) is 10.1. The van der Waals surface area contributed by atoms with Gasteiger partial charge in [-0.3, -0.25) is 4.79 Å². The summed E-state index contributed by atoms with van der Waals surface area (Å²) in [5, 5.41) is 3.35. The van der Waals surface area contributed by atoms with Crippen LogP contribution in [0.25, 0.3) is 0 Å². The fraction of sp³-hybridized carbons (Fsp3) is 0.0714. The summed E-state index contributed by atoms with van der Waals surface area (Å²) in [6.45, 7) is 0. The molecule has 0 fully saturated rings. The molecule has 0 bridgehead atoms. The summed E-state index contributed by atoms with van der Waals surface area (Å²) in [5.41, 5.74) is 1.37. The number of nitrogens with one attached hydrogen (secondary N) is 1. The van der Waals surface area contributed by atoms with Crippen LogP contribution in [-0.2, 0) is 0 Å². The Morgan fingerprint density at radius 2 is 2.00 bits per heavy atom. The highest BCUT2D eigenvalue weighted by Crippen LogP contribution is 2.42. The third-order valence-electron chi connectivity index (χ3n) is 2.85. The van der Waals surface area contributed by atoms with Crippen molar-refractivity contribution < 1.29 is 9.53 Å². The third-order valence-corrected chi connectivity index (χ3v) is 4.28. The molecule has 0 spiro atoms. The molecule has 3 rings (SSSR count). The number of ether oxygens (including phenoxy) is 1. The van der Waals surface area contributed by atoms with Gasteiger partial charge < -0.3 is 10.1 Å². The van der Waals surface area contributed by atoms with Gasteiger partial charge in [-0.05, 0) is 24.3 Å². The summed E-state index contributed by atoms with van der Waals surface area (Å²) in [5.74, 6) is 0.477. The molecule has 0 aliphatic carbocycles. The zero-order chi connectivity index (χ0) is 13.4. The van der Waals surface area contributed by atoms with Crippen LogP contribution in [0.1, 0.15) is 10.4 Å². The number of anilines is 1. The van der Waals surface area contributed by atoms with Gasteiger partial charge in [-0.25, -0.2) is 0 Å². The monoisotopic (exact) mass is 291 g/mol. The van der Waals surface area contributed by atoms with E-state index in [1.54, 1.807) is 13.2 Å². The summed E-state index contributed by atoms with van der Waals surface area (Å²) >= 11 is 7.61. The van der Waals surface area contributed by atoms with Crippen molar-refractivity contribution in [3.8, 4) is 5.75 Å². The van der Waals surface area contributed by atoms with E-state index in [0.717, 1.165) is 9.79 Å². The van der Waals surface area contributed by atoms with Crippen molar-refractivity contribution >= 4 is 35.0 Å². The molecule has 5 heteroatoms. The Balaban J connectivity index is 2.16. The van der Waals surface area contributed by atoms with Crippen LogP contribution in [0.5, 0.6) is 5.75 Å². The minimum absolute atomic E-state index is 0.122. The van der Waals surface area contributed by atoms with Crippen LogP contribution in [0.2, 0.25) is 5.02 Å². The summed E-state index contributed by atoms with van der Waals surface area (Å²) in [6.07, 6.45) is 0. The summed E-state index contributed by atoms with van der Waals surface area (Å²) in [4.78, 5) is 14.0. The second-order valence-corrected chi connectivity index (χ2v) is 5.53. The fourth-order valence-electron chi connectivity index (χ4n) is 1.92. The predicted octanol–water partition coefficient (Wildman–Crippen LogP) is 4.07. The second-order valence-electron chi connectivity index (χ2n) is 4.04. The van der Waals surface area contributed by atoms with E-state index in [2.05, 4.69) is 5.32 Å². The number of halogens is 1. The number of carbonyl (C=O) groups excluding carboxylic acids is 1. The van der Waals surface area contributed by atoms with Crippen LogP contribution in [0.4, 0.5) is 5.69 Å². The molecule has 0 saturated carbocycles. The number of carbonyl (C=O) groups is 1. The number of methoxy groups -OCH3 is 1. The van der Waals surface area contributed by atoms with Gasteiger partial charge in [-0.15, -0.1) is 0 Å². The molecule has 1 aliphatic rings. The minimum atomic E-state index is -0.122. The van der Waals surface area contributed by atoms with E-state index in [-0.39, 0.29) is 5.91 Å². The molecule has 96 valence electrons.